The van der Waals surface area contributed by atoms with Crippen molar-refractivity contribution in [2.75, 3.05) is 0 Å². The number of benzene rings is 1. The van der Waals surface area contributed by atoms with Crippen molar-refractivity contribution in [2.45, 2.75) is 26.4 Å². The van der Waals surface area contributed by atoms with Crippen LogP contribution in [0.25, 0.3) is 0 Å². The second kappa shape index (κ2) is 5.67. The lowest BCUT2D eigenvalue weighted by atomic mass is 10.2. The molecule has 1 N–H and O–H groups in total. The first-order chi connectivity index (χ1) is 8.15. The van der Waals surface area contributed by atoms with Crippen molar-refractivity contribution in [1.82, 2.24) is 5.32 Å². The lowest BCUT2D eigenvalue weighted by Gasteiger charge is -2.12. The third-order valence-corrected chi connectivity index (χ3v) is 4.15. The topological polar surface area (TPSA) is 12.0 Å². The van der Waals surface area contributed by atoms with E-state index < -0.39 is 0 Å². The zero-order chi connectivity index (χ0) is 12.3. The second-order valence-corrected chi connectivity index (χ2v) is 5.93. The van der Waals surface area contributed by atoms with Gasteiger partial charge in [0.2, 0.25) is 0 Å². The van der Waals surface area contributed by atoms with E-state index in [0.717, 1.165) is 11.6 Å². The van der Waals surface area contributed by atoms with Crippen LogP contribution in [0.4, 0.5) is 0 Å². The van der Waals surface area contributed by atoms with Crippen molar-refractivity contribution in [1.29, 1.82) is 0 Å². The van der Waals surface area contributed by atoms with Gasteiger partial charge in [-0.25, -0.2) is 0 Å². The summed E-state index contributed by atoms with van der Waals surface area (Å²) in [5.74, 6) is 0. The Morgan fingerprint density at radius 3 is 2.47 bits per heavy atom. The molecule has 0 amide bonds. The van der Waals surface area contributed by atoms with Crippen LogP contribution >= 0.6 is 22.9 Å². The number of hydrogen-bond acceptors (Lipinski definition) is 2. The maximum atomic E-state index is 5.85. The van der Waals surface area contributed by atoms with Gasteiger partial charge < -0.3 is 5.32 Å². The van der Waals surface area contributed by atoms with E-state index in [1.807, 2.05) is 23.5 Å². The van der Waals surface area contributed by atoms with Crippen LogP contribution in [0, 0.1) is 6.92 Å². The first-order valence-corrected chi connectivity index (χ1v) is 6.89. The van der Waals surface area contributed by atoms with E-state index in [-0.39, 0.29) is 0 Å². The van der Waals surface area contributed by atoms with Crippen LogP contribution in [0.5, 0.6) is 0 Å². The van der Waals surface area contributed by atoms with Gasteiger partial charge in [0.1, 0.15) is 0 Å². The van der Waals surface area contributed by atoms with Gasteiger partial charge in [0.05, 0.1) is 0 Å². The molecule has 0 saturated heterocycles. The fourth-order valence-electron chi connectivity index (χ4n) is 1.66. The molecule has 0 radical (unpaired) electrons. The van der Waals surface area contributed by atoms with E-state index in [2.05, 4.69) is 43.4 Å². The average Bonchev–Trinajstić information content (AvgIpc) is 2.75. The van der Waals surface area contributed by atoms with E-state index in [1.54, 1.807) is 0 Å². The number of nitrogens with one attached hydrogen (secondary N) is 1. The van der Waals surface area contributed by atoms with Crippen LogP contribution in [0.2, 0.25) is 5.02 Å². The molecule has 0 spiro atoms. The van der Waals surface area contributed by atoms with Crippen LogP contribution in [-0.4, -0.2) is 0 Å². The summed E-state index contributed by atoms with van der Waals surface area (Å²) in [6.45, 7) is 5.20. The lowest BCUT2D eigenvalue weighted by Crippen LogP contribution is -2.16. The molecule has 1 aromatic carbocycles. The van der Waals surface area contributed by atoms with Gasteiger partial charge in [-0.05, 0) is 43.7 Å². The number of rotatable bonds is 4. The summed E-state index contributed by atoms with van der Waals surface area (Å²) in [4.78, 5) is 2.75. The molecule has 0 bridgehead atoms. The summed E-state index contributed by atoms with van der Waals surface area (Å²) < 4.78 is 0. The smallest absolute Gasteiger partial charge is 0.0406 e. The molecular weight excluding hydrogens is 250 g/mol. The standard InChI is InChI=1S/C14H16ClNS/c1-10-3-8-14(17-10)11(2)16-9-12-4-6-13(15)7-5-12/h3-8,11,16H,9H2,1-2H3. The Labute approximate surface area is 111 Å². The van der Waals surface area contributed by atoms with Crippen LogP contribution in [-0.2, 0) is 6.54 Å². The van der Waals surface area contributed by atoms with Crippen molar-refractivity contribution in [2.24, 2.45) is 0 Å². The maximum absolute atomic E-state index is 5.85. The van der Waals surface area contributed by atoms with E-state index in [9.17, 15) is 0 Å². The molecule has 90 valence electrons. The molecule has 2 rings (SSSR count). The van der Waals surface area contributed by atoms with Gasteiger partial charge in [0, 0.05) is 27.4 Å². The molecule has 1 nitrogen and oxygen atoms in total. The molecule has 17 heavy (non-hydrogen) atoms. The van der Waals surface area contributed by atoms with Gasteiger partial charge in [-0.2, -0.15) is 0 Å². The molecule has 1 atom stereocenters. The molecule has 3 heteroatoms. The Balaban J connectivity index is 1.92. The fourth-order valence-corrected chi connectivity index (χ4v) is 2.69. The Morgan fingerprint density at radius 2 is 1.88 bits per heavy atom. The van der Waals surface area contributed by atoms with Crippen LogP contribution in [0.15, 0.2) is 36.4 Å². The summed E-state index contributed by atoms with van der Waals surface area (Å²) in [5.41, 5.74) is 1.26. The second-order valence-electron chi connectivity index (χ2n) is 4.18. The predicted octanol–water partition coefficient (Wildman–Crippen LogP) is 4.56. The zero-order valence-electron chi connectivity index (χ0n) is 10.0. The van der Waals surface area contributed by atoms with Crippen LogP contribution in [0.1, 0.15) is 28.3 Å². The molecule has 0 aliphatic carbocycles. The van der Waals surface area contributed by atoms with Crippen molar-refractivity contribution in [3.63, 3.8) is 0 Å². The van der Waals surface area contributed by atoms with E-state index in [0.29, 0.717) is 6.04 Å². The molecule has 0 aliphatic rings. The first-order valence-electron chi connectivity index (χ1n) is 5.69. The van der Waals surface area contributed by atoms with E-state index >= 15 is 0 Å². The average molecular weight is 266 g/mol. The molecule has 0 fully saturated rings. The van der Waals surface area contributed by atoms with Gasteiger partial charge in [0.25, 0.3) is 0 Å². The Kier molecular flexibility index (Phi) is 4.21. The van der Waals surface area contributed by atoms with Gasteiger partial charge in [-0.15, -0.1) is 11.3 Å². The van der Waals surface area contributed by atoms with Crippen LogP contribution < -0.4 is 5.32 Å². The van der Waals surface area contributed by atoms with Crippen molar-refractivity contribution in [3.8, 4) is 0 Å². The first kappa shape index (κ1) is 12.6. The molecule has 1 heterocycles. The highest BCUT2D eigenvalue weighted by Crippen LogP contribution is 2.22. The number of halogens is 1. The molecule has 0 aliphatic heterocycles. The highest BCUT2D eigenvalue weighted by Gasteiger charge is 2.06. The third-order valence-electron chi connectivity index (χ3n) is 2.71. The highest BCUT2D eigenvalue weighted by molar-refractivity contribution is 7.12. The molecule has 2 aromatic rings. The van der Waals surface area contributed by atoms with Crippen LogP contribution in [0.3, 0.4) is 0 Å². The largest absolute Gasteiger partial charge is 0.305 e. The van der Waals surface area contributed by atoms with E-state index in [1.165, 1.54) is 15.3 Å². The maximum Gasteiger partial charge on any atom is 0.0406 e. The third kappa shape index (κ3) is 3.56. The Bertz CT molecular complexity index is 475. The summed E-state index contributed by atoms with van der Waals surface area (Å²) in [6.07, 6.45) is 0. The minimum atomic E-state index is 0.393. The van der Waals surface area contributed by atoms with Gasteiger partial charge >= 0.3 is 0 Å². The van der Waals surface area contributed by atoms with Gasteiger partial charge in [0.15, 0.2) is 0 Å². The number of hydrogen-bond donors (Lipinski definition) is 1. The number of thiophene rings is 1. The summed E-state index contributed by atoms with van der Waals surface area (Å²) in [7, 11) is 0. The molecule has 1 aromatic heterocycles. The monoisotopic (exact) mass is 265 g/mol. The zero-order valence-corrected chi connectivity index (χ0v) is 11.6. The fraction of sp³-hybridized carbons (Fsp3) is 0.286. The summed E-state index contributed by atoms with van der Waals surface area (Å²) in [5, 5.41) is 4.30. The van der Waals surface area contributed by atoms with Crippen molar-refractivity contribution < 1.29 is 0 Å². The summed E-state index contributed by atoms with van der Waals surface area (Å²) >= 11 is 7.70. The molecule has 0 saturated carbocycles. The lowest BCUT2D eigenvalue weighted by molar-refractivity contribution is 0.583. The van der Waals surface area contributed by atoms with Gasteiger partial charge in [-0.1, -0.05) is 23.7 Å². The quantitative estimate of drug-likeness (QED) is 0.855. The van der Waals surface area contributed by atoms with Crippen molar-refractivity contribution in [3.05, 3.63) is 56.7 Å². The summed E-state index contributed by atoms with van der Waals surface area (Å²) in [6, 6.07) is 12.7. The van der Waals surface area contributed by atoms with E-state index in [4.69, 9.17) is 11.6 Å². The minimum absolute atomic E-state index is 0.393. The highest BCUT2D eigenvalue weighted by atomic mass is 35.5. The SMILES string of the molecule is Cc1ccc(C(C)NCc2ccc(Cl)cc2)s1. The Morgan fingerprint density at radius 1 is 1.18 bits per heavy atom. The van der Waals surface area contributed by atoms with Gasteiger partial charge in [-0.3, -0.25) is 0 Å². The normalized spacial score (nSPS) is 12.6. The molecule has 1 unspecified atom stereocenters. The number of aryl methyl sites for hydroxylation is 1. The Hall–Kier alpha value is -0.830. The molecular formula is C14H16ClNS. The van der Waals surface area contributed by atoms with Crippen molar-refractivity contribution >= 4 is 22.9 Å². The minimum Gasteiger partial charge on any atom is -0.305 e. The predicted molar refractivity (Wildman–Crippen MR) is 75.8 cm³/mol.